The van der Waals surface area contributed by atoms with Crippen LogP contribution in [0.25, 0.3) is 0 Å². The largest absolute Gasteiger partial charge is 0.394 e. The summed E-state index contributed by atoms with van der Waals surface area (Å²) < 4.78 is 4.72. The summed E-state index contributed by atoms with van der Waals surface area (Å²) in [4.78, 5) is 0. The molecular weight excluding hydrogens is 416 g/mol. The monoisotopic (exact) mass is 474 g/mol. The maximum Gasteiger partial charge on any atom is 0.100 e. The van der Waals surface area contributed by atoms with Gasteiger partial charge in [0, 0.05) is 0 Å². The number of aliphatic hydroxyl groups is 4. The number of aliphatic hydroxyl groups excluding tert-OH is 4. The molecule has 5 nitrogen and oxygen atoms in total. The van der Waals surface area contributed by atoms with Crippen LogP contribution in [0.5, 0.6) is 0 Å². The van der Waals surface area contributed by atoms with Crippen LogP contribution in [-0.2, 0) is 4.74 Å². The van der Waals surface area contributed by atoms with Crippen molar-refractivity contribution < 1.29 is 25.2 Å². The van der Waals surface area contributed by atoms with Crippen molar-refractivity contribution in [2.45, 2.75) is 142 Å². The molecule has 0 rings (SSSR count). The summed E-state index contributed by atoms with van der Waals surface area (Å²) in [7, 11) is 0. The van der Waals surface area contributed by atoms with E-state index in [1.165, 1.54) is 109 Å². The van der Waals surface area contributed by atoms with Crippen LogP contribution < -0.4 is 0 Å². The van der Waals surface area contributed by atoms with Crippen molar-refractivity contribution >= 4 is 0 Å². The van der Waals surface area contributed by atoms with Crippen molar-refractivity contribution in [3.05, 3.63) is 11.6 Å². The number of allylic oxidation sites excluding steroid dienone is 2. The molecule has 2 unspecified atom stereocenters. The minimum Gasteiger partial charge on any atom is -0.394 e. The molecule has 0 saturated carbocycles. The fraction of sp³-hybridized carbons (Fsp3) is 0.929. The molecule has 4 N–H and O–H groups in total. The third kappa shape index (κ3) is 29.5. The Bertz CT molecular complexity index is 376. The van der Waals surface area contributed by atoms with E-state index >= 15 is 0 Å². The molecule has 0 bridgehead atoms. The van der Waals surface area contributed by atoms with Gasteiger partial charge in [-0.1, -0.05) is 115 Å². The van der Waals surface area contributed by atoms with E-state index in [1.54, 1.807) is 5.57 Å². The van der Waals surface area contributed by atoms with Crippen LogP contribution >= 0.6 is 0 Å². The van der Waals surface area contributed by atoms with E-state index in [-0.39, 0.29) is 26.4 Å². The number of ether oxygens (including phenoxy) is 1. The van der Waals surface area contributed by atoms with E-state index in [2.05, 4.69) is 26.8 Å². The van der Waals surface area contributed by atoms with Crippen molar-refractivity contribution in [1.29, 1.82) is 0 Å². The van der Waals surface area contributed by atoms with E-state index < -0.39 is 12.2 Å². The highest BCUT2D eigenvalue weighted by atomic mass is 16.5. The van der Waals surface area contributed by atoms with Crippen molar-refractivity contribution in [1.82, 2.24) is 0 Å². The number of unbranched alkanes of at least 4 members (excludes halogenated alkanes) is 13. The van der Waals surface area contributed by atoms with Gasteiger partial charge in [0.15, 0.2) is 0 Å². The van der Waals surface area contributed by atoms with Gasteiger partial charge in [-0.05, 0) is 26.2 Å². The zero-order valence-corrected chi connectivity index (χ0v) is 22.3. The molecule has 0 radical (unpaired) electrons. The minimum absolute atomic E-state index is 0.0342. The summed E-state index contributed by atoms with van der Waals surface area (Å²) in [5.41, 5.74) is 1.68. The third-order valence-electron chi connectivity index (χ3n) is 5.87. The molecule has 200 valence electrons. The lowest BCUT2D eigenvalue weighted by atomic mass is 10.0. The van der Waals surface area contributed by atoms with Crippen LogP contribution in [0.4, 0.5) is 0 Å². The SMILES string of the molecule is CC=C(CCC)CCCCCCCCCCCCCCCC.OCC(O)COCC(O)CO. The minimum atomic E-state index is -0.916. The number of rotatable bonds is 23. The standard InChI is InChI=1S/C22H44.C6H14O5/c1-4-7-8-9-10-11-12-13-14-15-16-17-18-19-21-22(6-3)20-5-2;7-1-5(9)3-11-4-6(10)2-8/h6H,4-5,7-21H2,1-3H3;5-10H,1-4H2. The fourth-order valence-corrected chi connectivity index (χ4v) is 3.73. The second-order valence-corrected chi connectivity index (χ2v) is 9.25. The first kappa shape index (κ1) is 34.7. The quantitative estimate of drug-likeness (QED) is 0.103. The van der Waals surface area contributed by atoms with Gasteiger partial charge in [-0.25, -0.2) is 0 Å². The van der Waals surface area contributed by atoms with Crippen LogP contribution in [0.2, 0.25) is 0 Å². The Morgan fingerprint density at radius 2 is 1.00 bits per heavy atom. The Labute approximate surface area is 205 Å². The summed E-state index contributed by atoms with van der Waals surface area (Å²) in [5.74, 6) is 0. The molecule has 2 atom stereocenters. The van der Waals surface area contributed by atoms with E-state index in [4.69, 9.17) is 25.2 Å². The van der Waals surface area contributed by atoms with Crippen LogP contribution in [0.3, 0.4) is 0 Å². The molecule has 0 aromatic heterocycles. The highest BCUT2D eigenvalue weighted by Gasteiger charge is 2.05. The van der Waals surface area contributed by atoms with Crippen LogP contribution in [-0.4, -0.2) is 59.1 Å². The van der Waals surface area contributed by atoms with E-state index in [9.17, 15) is 0 Å². The van der Waals surface area contributed by atoms with Gasteiger partial charge in [-0.3, -0.25) is 0 Å². The number of hydrogen-bond acceptors (Lipinski definition) is 5. The van der Waals surface area contributed by atoms with Gasteiger partial charge < -0.3 is 25.2 Å². The fourth-order valence-electron chi connectivity index (χ4n) is 3.73. The van der Waals surface area contributed by atoms with Gasteiger partial charge in [0.25, 0.3) is 0 Å². The van der Waals surface area contributed by atoms with E-state index in [0.717, 1.165) is 0 Å². The van der Waals surface area contributed by atoms with Gasteiger partial charge in [0.2, 0.25) is 0 Å². The lowest BCUT2D eigenvalue weighted by Gasteiger charge is -2.10. The van der Waals surface area contributed by atoms with E-state index in [1.807, 2.05) is 0 Å². The molecule has 0 aromatic rings. The van der Waals surface area contributed by atoms with Gasteiger partial charge in [0.05, 0.1) is 26.4 Å². The molecule has 0 saturated heterocycles. The Balaban J connectivity index is 0. The normalized spacial score (nSPS) is 13.5. The molecule has 5 heteroatoms. The molecular formula is C28H58O5. The second-order valence-electron chi connectivity index (χ2n) is 9.25. The first-order valence-corrected chi connectivity index (χ1v) is 13.8. The lowest BCUT2D eigenvalue weighted by Crippen LogP contribution is -2.25. The van der Waals surface area contributed by atoms with Crippen molar-refractivity contribution in [2.24, 2.45) is 0 Å². The molecule has 0 aliphatic carbocycles. The Kier molecular flexibility index (Phi) is 31.1. The van der Waals surface area contributed by atoms with Gasteiger partial charge in [-0.15, -0.1) is 0 Å². The molecule has 0 heterocycles. The average Bonchev–Trinajstić information content (AvgIpc) is 2.83. The first-order valence-electron chi connectivity index (χ1n) is 13.8. The van der Waals surface area contributed by atoms with Crippen molar-refractivity contribution in [2.75, 3.05) is 26.4 Å². The zero-order chi connectivity index (χ0) is 25.0. The van der Waals surface area contributed by atoms with Gasteiger partial charge in [0.1, 0.15) is 12.2 Å². The van der Waals surface area contributed by atoms with Gasteiger partial charge >= 0.3 is 0 Å². The maximum atomic E-state index is 8.72. The summed E-state index contributed by atoms with van der Waals surface area (Å²) in [6.07, 6.45) is 24.9. The summed E-state index contributed by atoms with van der Waals surface area (Å²) >= 11 is 0. The third-order valence-corrected chi connectivity index (χ3v) is 5.87. The number of hydrogen-bond donors (Lipinski definition) is 4. The Morgan fingerprint density at radius 3 is 1.33 bits per heavy atom. The molecule has 0 fully saturated rings. The summed E-state index contributed by atoms with van der Waals surface area (Å²) in [6, 6.07) is 0. The average molecular weight is 475 g/mol. The predicted molar refractivity (Wildman–Crippen MR) is 141 cm³/mol. The molecule has 0 spiro atoms. The van der Waals surface area contributed by atoms with Crippen LogP contribution in [0, 0.1) is 0 Å². The maximum absolute atomic E-state index is 8.72. The van der Waals surface area contributed by atoms with Crippen molar-refractivity contribution in [3.8, 4) is 0 Å². The molecule has 0 aromatic carbocycles. The van der Waals surface area contributed by atoms with Crippen molar-refractivity contribution in [3.63, 3.8) is 0 Å². The first-order chi connectivity index (χ1) is 16.0. The summed E-state index contributed by atoms with van der Waals surface area (Å²) in [6.45, 7) is 5.99. The predicted octanol–water partition coefficient (Wildman–Crippen LogP) is 6.31. The second kappa shape index (κ2) is 29.6. The highest BCUT2D eigenvalue weighted by Crippen LogP contribution is 2.16. The van der Waals surface area contributed by atoms with E-state index in [0.29, 0.717) is 0 Å². The molecule has 33 heavy (non-hydrogen) atoms. The zero-order valence-electron chi connectivity index (χ0n) is 22.3. The Morgan fingerprint density at radius 1 is 0.606 bits per heavy atom. The van der Waals surface area contributed by atoms with Crippen LogP contribution in [0.15, 0.2) is 11.6 Å². The van der Waals surface area contributed by atoms with Crippen LogP contribution in [0.1, 0.15) is 130 Å². The Hall–Kier alpha value is -0.460. The lowest BCUT2D eigenvalue weighted by molar-refractivity contribution is -0.0364. The topological polar surface area (TPSA) is 90.2 Å². The molecule has 0 aliphatic rings. The molecule has 0 amide bonds. The summed E-state index contributed by atoms with van der Waals surface area (Å²) in [5, 5.41) is 34.1. The molecule has 0 aliphatic heterocycles. The highest BCUT2D eigenvalue weighted by molar-refractivity contribution is 4.99. The smallest absolute Gasteiger partial charge is 0.100 e. The van der Waals surface area contributed by atoms with Gasteiger partial charge in [-0.2, -0.15) is 0 Å².